The standard InChI is InChI=1S/C13H13N3O2/c1-9(17)8-14-13(18)12-7-11(15-16-12)10-5-3-2-4-6-10/h2-7H,8H2,1H3,(H,14,18)(H,15,16). The number of H-pyrrole nitrogens is 1. The van der Waals surface area contributed by atoms with E-state index >= 15 is 0 Å². The number of aromatic nitrogens is 2. The molecule has 0 aliphatic rings. The lowest BCUT2D eigenvalue weighted by molar-refractivity contribution is -0.116. The van der Waals surface area contributed by atoms with E-state index < -0.39 is 0 Å². The normalized spacial score (nSPS) is 10.1. The van der Waals surface area contributed by atoms with Crippen LogP contribution < -0.4 is 5.32 Å². The Morgan fingerprint density at radius 3 is 2.67 bits per heavy atom. The van der Waals surface area contributed by atoms with Gasteiger partial charge in [-0.1, -0.05) is 30.3 Å². The average molecular weight is 243 g/mol. The number of hydrogen-bond donors (Lipinski definition) is 2. The average Bonchev–Trinajstić information content (AvgIpc) is 2.86. The highest BCUT2D eigenvalue weighted by Gasteiger charge is 2.10. The van der Waals surface area contributed by atoms with E-state index in [2.05, 4.69) is 15.5 Å². The van der Waals surface area contributed by atoms with Gasteiger partial charge in [-0.25, -0.2) is 0 Å². The molecule has 0 bridgehead atoms. The molecule has 5 heteroatoms. The molecule has 0 saturated carbocycles. The first-order valence-corrected chi connectivity index (χ1v) is 5.55. The Labute approximate surface area is 104 Å². The van der Waals surface area contributed by atoms with Crippen molar-refractivity contribution in [2.45, 2.75) is 6.92 Å². The fraction of sp³-hybridized carbons (Fsp3) is 0.154. The minimum Gasteiger partial charge on any atom is -0.344 e. The van der Waals surface area contributed by atoms with E-state index in [1.165, 1.54) is 6.92 Å². The number of Topliss-reactive ketones (excluding diaryl/α,β-unsaturated/α-hetero) is 1. The van der Waals surface area contributed by atoms with E-state index in [1.807, 2.05) is 30.3 Å². The van der Waals surface area contributed by atoms with E-state index in [-0.39, 0.29) is 18.2 Å². The Bertz CT molecular complexity index is 561. The molecule has 2 aromatic rings. The molecule has 1 heterocycles. The van der Waals surface area contributed by atoms with Gasteiger partial charge in [-0.05, 0) is 13.0 Å². The van der Waals surface area contributed by atoms with Gasteiger partial charge in [-0.3, -0.25) is 14.7 Å². The molecule has 0 atom stereocenters. The second-order valence-electron chi connectivity index (χ2n) is 3.92. The fourth-order valence-electron chi connectivity index (χ4n) is 1.49. The van der Waals surface area contributed by atoms with Gasteiger partial charge in [0, 0.05) is 5.56 Å². The molecule has 0 unspecified atom stereocenters. The van der Waals surface area contributed by atoms with E-state index in [0.717, 1.165) is 5.56 Å². The Balaban J connectivity index is 2.11. The van der Waals surface area contributed by atoms with Gasteiger partial charge < -0.3 is 5.32 Å². The number of nitrogens with one attached hydrogen (secondary N) is 2. The highest BCUT2D eigenvalue weighted by molar-refractivity contribution is 5.95. The van der Waals surface area contributed by atoms with Gasteiger partial charge >= 0.3 is 0 Å². The van der Waals surface area contributed by atoms with Crippen molar-refractivity contribution in [2.24, 2.45) is 0 Å². The smallest absolute Gasteiger partial charge is 0.269 e. The number of carbonyl (C=O) groups is 2. The lowest BCUT2D eigenvalue weighted by Crippen LogP contribution is -2.28. The number of benzene rings is 1. The molecular formula is C13H13N3O2. The summed E-state index contributed by atoms with van der Waals surface area (Å²) in [5.74, 6) is -0.425. The first kappa shape index (κ1) is 12.0. The van der Waals surface area contributed by atoms with Crippen molar-refractivity contribution in [3.63, 3.8) is 0 Å². The van der Waals surface area contributed by atoms with Crippen LogP contribution in [0.3, 0.4) is 0 Å². The number of nitrogens with zero attached hydrogens (tertiary/aromatic N) is 1. The van der Waals surface area contributed by atoms with Crippen LogP contribution in [0.4, 0.5) is 0 Å². The lowest BCUT2D eigenvalue weighted by Gasteiger charge is -1.98. The first-order valence-electron chi connectivity index (χ1n) is 5.55. The molecule has 18 heavy (non-hydrogen) atoms. The molecule has 0 radical (unpaired) electrons. The Morgan fingerprint density at radius 1 is 1.28 bits per heavy atom. The van der Waals surface area contributed by atoms with Gasteiger partial charge in [0.05, 0.1) is 12.2 Å². The SMILES string of the molecule is CC(=O)CNC(=O)c1cc(-c2ccccc2)n[nH]1. The molecule has 2 N–H and O–H groups in total. The zero-order valence-corrected chi connectivity index (χ0v) is 9.93. The zero-order valence-electron chi connectivity index (χ0n) is 9.93. The molecule has 1 amide bonds. The third-order valence-corrected chi connectivity index (χ3v) is 2.39. The Hall–Kier alpha value is -2.43. The van der Waals surface area contributed by atoms with Crippen molar-refractivity contribution < 1.29 is 9.59 Å². The van der Waals surface area contributed by atoms with Crippen LogP contribution in [0.2, 0.25) is 0 Å². The van der Waals surface area contributed by atoms with Crippen LogP contribution in [0.15, 0.2) is 36.4 Å². The topological polar surface area (TPSA) is 74.8 Å². The number of carbonyl (C=O) groups excluding carboxylic acids is 2. The van der Waals surface area contributed by atoms with E-state index in [0.29, 0.717) is 11.4 Å². The highest BCUT2D eigenvalue weighted by Crippen LogP contribution is 2.16. The second kappa shape index (κ2) is 5.27. The fourth-order valence-corrected chi connectivity index (χ4v) is 1.49. The van der Waals surface area contributed by atoms with E-state index in [4.69, 9.17) is 0 Å². The molecule has 0 saturated heterocycles. The predicted octanol–water partition coefficient (Wildman–Crippen LogP) is 1.40. The summed E-state index contributed by atoms with van der Waals surface area (Å²) >= 11 is 0. The minimum atomic E-state index is -0.333. The first-order chi connectivity index (χ1) is 8.66. The number of ketones is 1. The summed E-state index contributed by atoms with van der Waals surface area (Å²) in [6.07, 6.45) is 0. The number of aromatic amines is 1. The molecule has 0 spiro atoms. The number of amides is 1. The number of hydrogen-bond acceptors (Lipinski definition) is 3. The van der Waals surface area contributed by atoms with Crippen molar-refractivity contribution >= 4 is 11.7 Å². The van der Waals surface area contributed by atoms with Gasteiger partial charge in [0.25, 0.3) is 5.91 Å². The molecule has 5 nitrogen and oxygen atoms in total. The Kier molecular flexibility index (Phi) is 3.52. The quantitative estimate of drug-likeness (QED) is 0.852. The van der Waals surface area contributed by atoms with Crippen molar-refractivity contribution in [1.82, 2.24) is 15.5 Å². The third-order valence-electron chi connectivity index (χ3n) is 2.39. The minimum absolute atomic E-state index is 0.0263. The Morgan fingerprint density at radius 2 is 2.00 bits per heavy atom. The summed E-state index contributed by atoms with van der Waals surface area (Å²) in [5.41, 5.74) is 1.97. The molecular weight excluding hydrogens is 230 g/mol. The molecule has 0 aliphatic heterocycles. The largest absolute Gasteiger partial charge is 0.344 e. The van der Waals surface area contributed by atoms with Gasteiger partial charge in [-0.15, -0.1) is 0 Å². The summed E-state index contributed by atoms with van der Waals surface area (Å²) in [7, 11) is 0. The van der Waals surface area contributed by atoms with E-state index in [1.54, 1.807) is 6.07 Å². The lowest BCUT2D eigenvalue weighted by atomic mass is 10.1. The van der Waals surface area contributed by atoms with Crippen LogP contribution in [-0.4, -0.2) is 28.4 Å². The van der Waals surface area contributed by atoms with Crippen LogP contribution in [0, 0.1) is 0 Å². The summed E-state index contributed by atoms with van der Waals surface area (Å²) < 4.78 is 0. The highest BCUT2D eigenvalue weighted by atomic mass is 16.2. The zero-order chi connectivity index (χ0) is 13.0. The summed E-state index contributed by atoms with van der Waals surface area (Å²) in [5, 5.41) is 9.22. The maximum Gasteiger partial charge on any atom is 0.269 e. The molecule has 1 aromatic carbocycles. The summed E-state index contributed by atoms with van der Waals surface area (Å²) in [4.78, 5) is 22.4. The van der Waals surface area contributed by atoms with Crippen molar-refractivity contribution in [2.75, 3.05) is 6.54 Å². The molecule has 0 fully saturated rings. The molecule has 0 aliphatic carbocycles. The summed E-state index contributed by atoms with van der Waals surface area (Å²) in [6.45, 7) is 1.45. The monoisotopic (exact) mass is 243 g/mol. The van der Waals surface area contributed by atoms with Crippen LogP contribution in [0.1, 0.15) is 17.4 Å². The number of rotatable bonds is 4. The van der Waals surface area contributed by atoms with Crippen molar-refractivity contribution in [3.8, 4) is 11.3 Å². The molecule has 1 aromatic heterocycles. The van der Waals surface area contributed by atoms with Crippen LogP contribution in [0.5, 0.6) is 0 Å². The molecule has 92 valence electrons. The maximum absolute atomic E-state index is 11.7. The van der Waals surface area contributed by atoms with Gasteiger partial charge in [0.15, 0.2) is 0 Å². The van der Waals surface area contributed by atoms with Gasteiger partial charge in [0.1, 0.15) is 11.5 Å². The van der Waals surface area contributed by atoms with Crippen LogP contribution in [0.25, 0.3) is 11.3 Å². The van der Waals surface area contributed by atoms with Crippen LogP contribution in [-0.2, 0) is 4.79 Å². The van der Waals surface area contributed by atoms with E-state index in [9.17, 15) is 9.59 Å². The second-order valence-corrected chi connectivity index (χ2v) is 3.92. The summed E-state index contributed by atoms with van der Waals surface area (Å²) in [6, 6.07) is 11.2. The maximum atomic E-state index is 11.7. The van der Waals surface area contributed by atoms with Crippen molar-refractivity contribution in [1.29, 1.82) is 0 Å². The predicted molar refractivity (Wildman–Crippen MR) is 67.0 cm³/mol. The van der Waals surface area contributed by atoms with Gasteiger partial charge in [0.2, 0.25) is 0 Å². The van der Waals surface area contributed by atoms with Crippen molar-refractivity contribution in [3.05, 3.63) is 42.1 Å². The van der Waals surface area contributed by atoms with Gasteiger partial charge in [-0.2, -0.15) is 5.10 Å². The molecule has 2 rings (SSSR count). The third kappa shape index (κ3) is 2.82. The van der Waals surface area contributed by atoms with Crippen LogP contribution >= 0.6 is 0 Å².